The zero-order chi connectivity index (χ0) is 12.3. The number of hydrogen-bond acceptors (Lipinski definition) is 3. The predicted molar refractivity (Wildman–Crippen MR) is 68.2 cm³/mol. The van der Waals surface area contributed by atoms with Gasteiger partial charge in [0.1, 0.15) is 17.6 Å². The van der Waals surface area contributed by atoms with Crippen molar-refractivity contribution in [1.29, 1.82) is 5.26 Å². The maximum atomic E-state index is 8.80. The minimum absolute atomic E-state index is 0.418. The van der Waals surface area contributed by atoms with Crippen molar-refractivity contribution in [2.75, 3.05) is 5.32 Å². The Morgan fingerprint density at radius 1 is 1.06 bits per heavy atom. The number of para-hydroxylation sites is 1. The molecule has 0 fully saturated rings. The molecule has 0 aliphatic heterocycles. The quantitative estimate of drug-likeness (QED) is 0.849. The van der Waals surface area contributed by atoms with Crippen LogP contribution in [-0.4, -0.2) is 4.98 Å². The number of anilines is 2. The van der Waals surface area contributed by atoms with E-state index in [1.165, 1.54) is 0 Å². The van der Waals surface area contributed by atoms with Crippen LogP contribution in [0.15, 0.2) is 36.4 Å². The Labute approximate surface area is 101 Å². The average molecular weight is 223 g/mol. The number of aryl methyl sites for hydroxylation is 2. The minimum Gasteiger partial charge on any atom is -0.340 e. The van der Waals surface area contributed by atoms with E-state index in [-0.39, 0.29) is 0 Å². The number of nitrogens with zero attached hydrogens (tertiary/aromatic N) is 2. The van der Waals surface area contributed by atoms with Gasteiger partial charge in [0, 0.05) is 5.69 Å². The molecule has 0 amide bonds. The Morgan fingerprint density at radius 2 is 1.71 bits per heavy atom. The van der Waals surface area contributed by atoms with Crippen LogP contribution in [0.3, 0.4) is 0 Å². The van der Waals surface area contributed by atoms with Crippen molar-refractivity contribution in [3.63, 3.8) is 0 Å². The summed E-state index contributed by atoms with van der Waals surface area (Å²) in [5.41, 5.74) is 3.79. The first-order valence-corrected chi connectivity index (χ1v) is 5.41. The van der Waals surface area contributed by atoms with E-state index in [2.05, 4.69) is 10.3 Å². The van der Waals surface area contributed by atoms with Gasteiger partial charge < -0.3 is 5.32 Å². The third kappa shape index (κ3) is 2.43. The molecule has 0 unspecified atom stereocenters. The molecule has 1 aromatic heterocycles. The van der Waals surface area contributed by atoms with Crippen LogP contribution in [0.25, 0.3) is 0 Å². The third-order valence-corrected chi connectivity index (χ3v) is 2.60. The lowest BCUT2D eigenvalue weighted by atomic mass is 10.1. The maximum absolute atomic E-state index is 8.80. The number of pyridine rings is 1. The van der Waals surface area contributed by atoms with Gasteiger partial charge in [-0.15, -0.1) is 0 Å². The maximum Gasteiger partial charge on any atom is 0.142 e. The van der Waals surface area contributed by atoms with Gasteiger partial charge in [-0.1, -0.05) is 24.3 Å². The highest BCUT2D eigenvalue weighted by Gasteiger charge is 2.03. The van der Waals surface area contributed by atoms with E-state index in [1.807, 2.05) is 50.2 Å². The van der Waals surface area contributed by atoms with Crippen LogP contribution in [0.4, 0.5) is 11.5 Å². The summed E-state index contributed by atoms with van der Waals surface area (Å²) >= 11 is 0. The molecule has 1 heterocycles. The van der Waals surface area contributed by atoms with Gasteiger partial charge >= 0.3 is 0 Å². The zero-order valence-corrected chi connectivity index (χ0v) is 9.86. The summed E-state index contributed by atoms with van der Waals surface area (Å²) in [4.78, 5) is 4.20. The van der Waals surface area contributed by atoms with Crippen molar-refractivity contribution in [2.45, 2.75) is 13.8 Å². The van der Waals surface area contributed by atoms with E-state index < -0.39 is 0 Å². The Hall–Kier alpha value is -2.34. The number of hydrogen-bond donors (Lipinski definition) is 1. The highest BCUT2D eigenvalue weighted by Crippen LogP contribution is 2.23. The second kappa shape index (κ2) is 4.67. The predicted octanol–water partition coefficient (Wildman–Crippen LogP) is 3.31. The van der Waals surface area contributed by atoms with Crippen molar-refractivity contribution in [3.8, 4) is 6.07 Å². The van der Waals surface area contributed by atoms with Crippen LogP contribution in [0.2, 0.25) is 0 Å². The topological polar surface area (TPSA) is 48.7 Å². The molecule has 0 radical (unpaired) electrons. The van der Waals surface area contributed by atoms with E-state index in [0.717, 1.165) is 16.8 Å². The number of aromatic nitrogens is 1. The van der Waals surface area contributed by atoms with Gasteiger partial charge in [0.15, 0.2) is 0 Å². The van der Waals surface area contributed by atoms with Crippen molar-refractivity contribution in [1.82, 2.24) is 4.98 Å². The lowest BCUT2D eigenvalue weighted by molar-refractivity contribution is 1.24. The monoisotopic (exact) mass is 223 g/mol. The highest BCUT2D eigenvalue weighted by molar-refractivity contribution is 5.64. The normalized spacial score (nSPS) is 9.71. The largest absolute Gasteiger partial charge is 0.340 e. The van der Waals surface area contributed by atoms with Crippen LogP contribution < -0.4 is 5.32 Å². The molecule has 1 aromatic carbocycles. The van der Waals surface area contributed by atoms with Crippen molar-refractivity contribution in [2.24, 2.45) is 0 Å². The second-order valence-corrected chi connectivity index (χ2v) is 3.91. The molecule has 0 saturated carbocycles. The standard InChI is InChI=1S/C14H13N3/c1-10-5-3-6-11(2)14(10)17-13-8-4-7-12(9-15)16-13/h3-8H,1-2H3,(H,16,17). The number of benzene rings is 1. The molecule has 1 N–H and O–H groups in total. The van der Waals surface area contributed by atoms with Crippen LogP contribution >= 0.6 is 0 Å². The van der Waals surface area contributed by atoms with Crippen molar-refractivity contribution < 1.29 is 0 Å². The molecular formula is C14H13N3. The van der Waals surface area contributed by atoms with Gasteiger partial charge in [-0.25, -0.2) is 4.98 Å². The van der Waals surface area contributed by atoms with Gasteiger partial charge in [-0.2, -0.15) is 5.26 Å². The highest BCUT2D eigenvalue weighted by atomic mass is 15.0. The minimum atomic E-state index is 0.418. The Balaban J connectivity index is 2.35. The van der Waals surface area contributed by atoms with Crippen LogP contribution in [0.1, 0.15) is 16.8 Å². The molecule has 3 nitrogen and oxygen atoms in total. The zero-order valence-electron chi connectivity index (χ0n) is 9.86. The molecule has 0 saturated heterocycles. The van der Waals surface area contributed by atoms with Crippen LogP contribution in [0.5, 0.6) is 0 Å². The summed E-state index contributed by atoms with van der Waals surface area (Å²) in [5.74, 6) is 0.696. The molecule has 2 rings (SSSR count). The van der Waals surface area contributed by atoms with Crippen LogP contribution in [0, 0.1) is 25.2 Å². The lowest BCUT2D eigenvalue weighted by Crippen LogP contribution is -1.98. The molecule has 0 aliphatic carbocycles. The Bertz CT molecular complexity index is 562. The molecule has 0 spiro atoms. The summed E-state index contributed by atoms with van der Waals surface area (Å²) < 4.78 is 0. The van der Waals surface area contributed by atoms with E-state index in [9.17, 15) is 0 Å². The van der Waals surface area contributed by atoms with Gasteiger partial charge in [-0.3, -0.25) is 0 Å². The molecule has 17 heavy (non-hydrogen) atoms. The summed E-state index contributed by atoms with van der Waals surface area (Å²) in [6.45, 7) is 4.09. The first-order chi connectivity index (χ1) is 8.20. The SMILES string of the molecule is Cc1cccc(C)c1Nc1cccc(C#N)n1. The first-order valence-electron chi connectivity index (χ1n) is 5.41. The molecule has 3 heteroatoms. The molecule has 0 atom stereocenters. The van der Waals surface area contributed by atoms with E-state index in [1.54, 1.807) is 6.07 Å². The van der Waals surface area contributed by atoms with Gasteiger partial charge in [0.05, 0.1) is 0 Å². The summed E-state index contributed by atoms with van der Waals surface area (Å²) in [6, 6.07) is 13.5. The van der Waals surface area contributed by atoms with Crippen molar-refractivity contribution in [3.05, 3.63) is 53.2 Å². The summed E-state index contributed by atoms with van der Waals surface area (Å²) in [7, 11) is 0. The average Bonchev–Trinajstić information content (AvgIpc) is 2.34. The number of rotatable bonds is 2. The molecule has 0 bridgehead atoms. The molecular weight excluding hydrogens is 210 g/mol. The first kappa shape index (κ1) is 11.2. The van der Waals surface area contributed by atoms with Gasteiger partial charge in [-0.05, 0) is 37.1 Å². The van der Waals surface area contributed by atoms with Crippen LogP contribution in [-0.2, 0) is 0 Å². The summed E-state index contributed by atoms with van der Waals surface area (Å²) in [6.07, 6.45) is 0. The number of nitrogens with one attached hydrogen (secondary N) is 1. The Morgan fingerprint density at radius 3 is 2.35 bits per heavy atom. The Kier molecular flexibility index (Phi) is 3.06. The lowest BCUT2D eigenvalue weighted by Gasteiger charge is -2.11. The molecule has 0 aliphatic rings. The van der Waals surface area contributed by atoms with E-state index in [4.69, 9.17) is 5.26 Å². The second-order valence-electron chi connectivity index (χ2n) is 3.91. The van der Waals surface area contributed by atoms with E-state index >= 15 is 0 Å². The van der Waals surface area contributed by atoms with Gasteiger partial charge in [0.2, 0.25) is 0 Å². The summed E-state index contributed by atoms with van der Waals surface area (Å²) in [5, 5.41) is 12.0. The smallest absolute Gasteiger partial charge is 0.142 e. The van der Waals surface area contributed by atoms with E-state index in [0.29, 0.717) is 11.5 Å². The fourth-order valence-corrected chi connectivity index (χ4v) is 1.71. The number of nitriles is 1. The fourth-order valence-electron chi connectivity index (χ4n) is 1.71. The van der Waals surface area contributed by atoms with Gasteiger partial charge in [0.25, 0.3) is 0 Å². The van der Waals surface area contributed by atoms with Crippen molar-refractivity contribution >= 4 is 11.5 Å². The fraction of sp³-hybridized carbons (Fsp3) is 0.143. The molecule has 2 aromatic rings. The molecule has 84 valence electrons. The third-order valence-electron chi connectivity index (χ3n) is 2.60.